The highest BCUT2D eigenvalue weighted by Gasteiger charge is 2.21. The summed E-state index contributed by atoms with van der Waals surface area (Å²) in [5.74, 6) is -4.60. The molecule has 0 aliphatic carbocycles. The molecule has 0 unspecified atom stereocenters. The van der Waals surface area contributed by atoms with Gasteiger partial charge in [0.1, 0.15) is 25.3 Å². The largest absolute Gasteiger partial charge is 0.481 e. The van der Waals surface area contributed by atoms with E-state index in [0.29, 0.717) is 6.42 Å². The SMILES string of the molecule is CC[C@H](NC(=O)COCCOCCNC(=O)COCCOCCNC(=O)CC[C@H](NC(=O)CCCCCCCCCCCCCCCCC(=O)O)C(=O)O)C(=O)O. The number of carboxylic acids is 3. The first-order valence-electron chi connectivity index (χ1n) is 20.6. The van der Waals surface area contributed by atoms with Crippen LogP contribution in [-0.4, -0.2) is 135 Å². The molecule has 0 aliphatic heterocycles. The van der Waals surface area contributed by atoms with E-state index in [9.17, 15) is 38.7 Å². The molecule has 0 aliphatic rings. The minimum Gasteiger partial charge on any atom is -0.481 e. The Bertz CT molecular complexity index is 1130. The molecule has 0 aromatic rings. The summed E-state index contributed by atoms with van der Waals surface area (Å²) >= 11 is 0. The summed E-state index contributed by atoms with van der Waals surface area (Å²) in [6.45, 7) is 2.66. The first-order valence-corrected chi connectivity index (χ1v) is 20.6. The van der Waals surface area contributed by atoms with Gasteiger partial charge in [-0.1, -0.05) is 84.0 Å². The number of aliphatic carboxylic acids is 3. The lowest BCUT2D eigenvalue weighted by atomic mass is 10.0. The van der Waals surface area contributed by atoms with E-state index in [-0.39, 0.29) is 116 Å². The zero-order valence-corrected chi connectivity index (χ0v) is 34.0. The number of carbonyl (C=O) groups is 7. The number of ether oxygens (including phenoxy) is 4. The Morgan fingerprint density at radius 2 is 0.842 bits per heavy atom. The topological polar surface area (TPSA) is 265 Å². The Balaban J connectivity index is 3.69. The Kier molecular flexibility index (Phi) is 35.1. The van der Waals surface area contributed by atoms with Crippen molar-refractivity contribution in [3.63, 3.8) is 0 Å². The molecule has 0 fully saturated rings. The number of hydrogen-bond acceptors (Lipinski definition) is 11. The summed E-state index contributed by atoms with van der Waals surface area (Å²) in [6, 6.07) is -2.10. The van der Waals surface area contributed by atoms with Gasteiger partial charge in [0.2, 0.25) is 23.6 Å². The standard InChI is InChI=1S/C39H70N4O14/c1-2-31(38(50)51)42-36(47)30-57-28-26-55-24-22-41-35(46)29-56-27-25-54-23-21-40-33(44)20-19-32(39(52)53)43-34(45)17-15-13-11-9-7-5-3-4-6-8-10-12-14-16-18-37(48)49/h31-32H,2-30H2,1H3,(H,40,44)(H,41,46)(H,42,47)(H,43,45)(H,48,49)(H,50,51)(H,52,53)/t31-,32-/m0/s1. The van der Waals surface area contributed by atoms with Gasteiger partial charge in [-0.3, -0.25) is 24.0 Å². The summed E-state index contributed by atoms with van der Waals surface area (Å²) in [7, 11) is 0. The molecule has 0 heterocycles. The number of hydrogen-bond donors (Lipinski definition) is 7. The summed E-state index contributed by atoms with van der Waals surface area (Å²) in [5, 5.41) is 37.2. The molecule has 0 bridgehead atoms. The second-order valence-corrected chi connectivity index (χ2v) is 13.7. The van der Waals surface area contributed by atoms with Crippen molar-refractivity contribution in [1.82, 2.24) is 21.3 Å². The van der Waals surface area contributed by atoms with Gasteiger partial charge in [0.05, 0.1) is 39.6 Å². The van der Waals surface area contributed by atoms with E-state index in [1.165, 1.54) is 38.5 Å². The molecule has 0 aromatic heterocycles. The van der Waals surface area contributed by atoms with Gasteiger partial charge < -0.3 is 55.5 Å². The molecular formula is C39H70N4O14. The fraction of sp³-hybridized carbons (Fsp3) is 0.821. The molecule has 4 amide bonds. The van der Waals surface area contributed by atoms with Crippen molar-refractivity contribution in [2.24, 2.45) is 0 Å². The van der Waals surface area contributed by atoms with E-state index < -0.39 is 35.9 Å². The fourth-order valence-electron chi connectivity index (χ4n) is 5.49. The predicted molar refractivity (Wildman–Crippen MR) is 209 cm³/mol. The summed E-state index contributed by atoms with van der Waals surface area (Å²) in [5.41, 5.74) is 0. The minimum atomic E-state index is -1.19. The van der Waals surface area contributed by atoms with Gasteiger partial charge in [-0.05, 0) is 25.7 Å². The summed E-state index contributed by atoms with van der Waals surface area (Å²) in [4.78, 5) is 81.0. The lowest BCUT2D eigenvalue weighted by Crippen LogP contribution is -2.42. The average molecular weight is 819 g/mol. The van der Waals surface area contributed by atoms with Crippen LogP contribution in [0.5, 0.6) is 0 Å². The third kappa shape index (κ3) is 36.2. The summed E-state index contributed by atoms with van der Waals surface area (Å²) in [6.07, 6.45) is 15.7. The highest BCUT2D eigenvalue weighted by molar-refractivity contribution is 5.85. The van der Waals surface area contributed by atoms with E-state index in [4.69, 9.17) is 29.2 Å². The normalized spacial score (nSPS) is 12.0. The average Bonchev–Trinajstić information content (AvgIpc) is 3.16. The quantitative estimate of drug-likeness (QED) is 0.0438. The number of amides is 4. The highest BCUT2D eigenvalue weighted by atomic mass is 16.5. The molecule has 0 saturated carbocycles. The highest BCUT2D eigenvalue weighted by Crippen LogP contribution is 2.14. The van der Waals surface area contributed by atoms with Crippen LogP contribution in [0.1, 0.15) is 129 Å². The number of rotatable bonds is 41. The second kappa shape index (κ2) is 37.7. The Labute approximate surface area is 337 Å². The lowest BCUT2D eigenvalue weighted by Gasteiger charge is -2.14. The maximum Gasteiger partial charge on any atom is 0.326 e. The fourth-order valence-corrected chi connectivity index (χ4v) is 5.49. The van der Waals surface area contributed by atoms with Crippen molar-refractivity contribution in [3.8, 4) is 0 Å². The predicted octanol–water partition coefficient (Wildman–Crippen LogP) is 2.94. The van der Waals surface area contributed by atoms with Crippen LogP contribution in [0.2, 0.25) is 0 Å². The zero-order valence-electron chi connectivity index (χ0n) is 34.0. The van der Waals surface area contributed by atoms with Crippen molar-refractivity contribution >= 4 is 41.5 Å². The first kappa shape index (κ1) is 53.1. The maximum absolute atomic E-state index is 12.3. The Morgan fingerprint density at radius 3 is 1.30 bits per heavy atom. The lowest BCUT2D eigenvalue weighted by molar-refractivity contribution is -0.142. The van der Waals surface area contributed by atoms with Crippen LogP contribution in [-0.2, 0) is 52.5 Å². The van der Waals surface area contributed by atoms with E-state index in [1.54, 1.807) is 6.92 Å². The van der Waals surface area contributed by atoms with Crippen LogP contribution >= 0.6 is 0 Å². The molecule has 0 aromatic carbocycles. The molecule has 7 N–H and O–H groups in total. The molecule has 0 radical (unpaired) electrons. The van der Waals surface area contributed by atoms with Gasteiger partial charge in [-0.15, -0.1) is 0 Å². The molecule has 0 rings (SSSR count). The monoisotopic (exact) mass is 818 g/mol. The van der Waals surface area contributed by atoms with Crippen LogP contribution in [0.25, 0.3) is 0 Å². The van der Waals surface area contributed by atoms with Gasteiger partial charge in [-0.2, -0.15) is 0 Å². The Morgan fingerprint density at radius 1 is 0.439 bits per heavy atom. The molecular weight excluding hydrogens is 748 g/mol. The van der Waals surface area contributed by atoms with Crippen molar-refractivity contribution in [1.29, 1.82) is 0 Å². The van der Waals surface area contributed by atoms with Crippen LogP contribution in [0.15, 0.2) is 0 Å². The van der Waals surface area contributed by atoms with Crippen molar-refractivity contribution in [3.05, 3.63) is 0 Å². The molecule has 18 nitrogen and oxygen atoms in total. The van der Waals surface area contributed by atoms with Gasteiger partial charge in [0, 0.05) is 32.4 Å². The van der Waals surface area contributed by atoms with Gasteiger partial charge in [0.25, 0.3) is 0 Å². The zero-order chi connectivity index (χ0) is 42.4. The molecule has 0 spiro atoms. The van der Waals surface area contributed by atoms with Crippen LogP contribution < -0.4 is 21.3 Å². The van der Waals surface area contributed by atoms with E-state index in [0.717, 1.165) is 44.9 Å². The van der Waals surface area contributed by atoms with Crippen LogP contribution in [0, 0.1) is 0 Å². The number of unbranched alkanes of at least 4 members (excludes halogenated alkanes) is 13. The molecule has 2 atom stereocenters. The van der Waals surface area contributed by atoms with E-state index in [1.807, 2.05) is 0 Å². The number of nitrogens with one attached hydrogen (secondary N) is 4. The maximum atomic E-state index is 12.3. The Hall–Kier alpha value is -3.87. The number of carbonyl (C=O) groups excluding carboxylic acids is 4. The molecule has 0 saturated heterocycles. The van der Waals surface area contributed by atoms with Crippen molar-refractivity contribution in [2.45, 2.75) is 141 Å². The van der Waals surface area contributed by atoms with E-state index in [2.05, 4.69) is 21.3 Å². The smallest absolute Gasteiger partial charge is 0.326 e. The third-order valence-electron chi connectivity index (χ3n) is 8.73. The minimum absolute atomic E-state index is 0.0336. The first-order chi connectivity index (χ1) is 27.5. The van der Waals surface area contributed by atoms with Gasteiger partial charge in [-0.25, -0.2) is 9.59 Å². The second-order valence-electron chi connectivity index (χ2n) is 13.7. The molecule has 18 heteroatoms. The van der Waals surface area contributed by atoms with Gasteiger partial charge in [0.15, 0.2) is 0 Å². The van der Waals surface area contributed by atoms with Crippen LogP contribution in [0.4, 0.5) is 0 Å². The molecule has 57 heavy (non-hydrogen) atoms. The summed E-state index contributed by atoms with van der Waals surface area (Å²) < 4.78 is 21.0. The van der Waals surface area contributed by atoms with Crippen LogP contribution in [0.3, 0.4) is 0 Å². The van der Waals surface area contributed by atoms with Crippen molar-refractivity contribution in [2.75, 3.05) is 65.9 Å². The number of carboxylic acid groups (broad SMARTS) is 3. The van der Waals surface area contributed by atoms with Crippen molar-refractivity contribution < 1.29 is 67.8 Å². The third-order valence-corrected chi connectivity index (χ3v) is 8.73. The van der Waals surface area contributed by atoms with E-state index >= 15 is 0 Å². The molecule has 330 valence electrons. The van der Waals surface area contributed by atoms with Gasteiger partial charge >= 0.3 is 17.9 Å².